The fourth-order valence-corrected chi connectivity index (χ4v) is 4.16. The molecule has 148 valence electrons. The first kappa shape index (κ1) is 20.3. The number of ether oxygens (including phenoxy) is 1. The standard InChI is InChI=1S/C22H33N3OS/c1-18-7-6-8-19(2)21(18)23-22(27)25(17-20-9-4-3-5-10-20)12-11-24-13-15-26-16-14-24/h3-4,6-8,20H,5,9-17H2,1-2H3,(H,23,27). The van der Waals surface area contributed by atoms with Gasteiger partial charge in [0.25, 0.3) is 0 Å². The van der Waals surface area contributed by atoms with Gasteiger partial charge in [-0.25, -0.2) is 0 Å². The van der Waals surface area contributed by atoms with Crippen LogP contribution in [-0.4, -0.2) is 60.8 Å². The van der Waals surface area contributed by atoms with E-state index in [2.05, 4.69) is 59.3 Å². The van der Waals surface area contributed by atoms with Gasteiger partial charge in [-0.15, -0.1) is 0 Å². The third-order valence-corrected chi connectivity index (χ3v) is 6.01. The lowest BCUT2D eigenvalue weighted by Crippen LogP contribution is -2.45. The maximum absolute atomic E-state index is 5.87. The van der Waals surface area contributed by atoms with Crippen molar-refractivity contribution in [2.45, 2.75) is 33.1 Å². The van der Waals surface area contributed by atoms with Gasteiger partial charge in [0.05, 0.1) is 13.2 Å². The van der Waals surface area contributed by atoms with Crippen LogP contribution in [0.25, 0.3) is 0 Å². The Kier molecular flexibility index (Phi) is 7.68. The van der Waals surface area contributed by atoms with Crippen LogP contribution in [0.3, 0.4) is 0 Å². The first-order valence-corrected chi connectivity index (χ1v) is 10.6. The van der Waals surface area contributed by atoms with E-state index >= 15 is 0 Å². The summed E-state index contributed by atoms with van der Waals surface area (Å²) >= 11 is 5.87. The Morgan fingerprint density at radius 1 is 1.22 bits per heavy atom. The summed E-state index contributed by atoms with van der Waals surface area (Å²) in [4.78, 5) is 4.87. The molecule has 1 fully saturated rings. The molecule has 0 amide bonds. The minimum Gasteiger partial charge on any atom is -0.379 e. The van der Waals surface area contributed by atoms with Crippen LogP contribution in [0, 0.1) is 19.8 Å². The van der Waals surface area contributed by atoms with E-state index in [1.807, 2.05) is 0 Å². The lowest BCUT2D eigenvalue weighted by molar-refractivity contribution is 0.0356. The molecule has 4 nitrogen and oxygen atoms in total. The Balaban J connectivity index is 1.65. The summed E-state index contributed by atoms with van der Waals surface area (Å²) < 4.78 is 5.48. The molecule has 0 saturated carbocycles. The van der Waals surface area contributed by atoms with Gasteiger partial charge in [-0.2, -0.15) is 0 Å². The van der Waals surface area contributed by atoms with Gasteiger partial charge in [-0.3, -0.25) is 4.90 Å². The maximum Gasteiger partial charge on any atom is 0.173 e. The van der Waals surface area contributed by atoms with Gasteiger partial charge in [0, 0.05) is 38.4 Å². The van der Waals surface area contributed by atoms with Crippen molar-refractivity contribution in [1.29, 1.82) is 0 Å². The Morgan fingerprint density at radius 3 is 2.63 bits per heavy atom. The number of benzene rings is 1. The van der Waals surface area contributed by atoms with Crippen LogP contribution >= 0.6 is 12.2 Å². The quantitative estimate of drug-likeness (QED) is 0.588. The number of nitrogens with one attached hydrogen (secondary N) is 1. The zero-order chi connectivity index (χ0) is 19.1. The summed E-state index contributed by atoms with van der Waals surface area (Å²) in [6, 6.07) is 6.38. The first-order valence-electron chi connectivity index (χ1n) is 10.2. The van der Waals surface area contributed by atoms with Crippen LogP contribution in [0.4, 0.5) is 5.69 Å². The van der Waals surface area contributed by atoms with Crippen LogP contribution in [0.1, 0.15) is 30.4 Å². The zero-order valence-electron chi connectivity index (χ0n) is 16.7. The molecule has 1 aromatic rings. The van der Waals surface area contributed by atoms with Crippen molar-refractivity contribution in [2.24, 2.45) is 5.92 Å². The highest BCUT2D eigenvalue weighted by atomic mass is 32.1. The average molecular weight is 388 g/mol. The van der Waals surface area contributed by atoms with E-state index in [4.69, 9.17) is 17.0 Å². The van der Waals surface area contributed by atoms with Crippen molar-refractivity contribution in [3.05, 3.63) is 41.5 Å². The molecule has 0 bridgehead atoms. The fraction of sp³-hybridized carbons (Fsp3) is 0.591. The molecule has 1 atom stereocenters. The first-order chi connectivity index (χ1) is 13.1. The van der Waals surface area contributed by atoms with Gasteiger partial charge < -0.3 is 15.0 Å². The fourth-order valence-electron chi connectivity index (χ4n) is 3.89. The smallest absolute Gasteiger partial charge is 0.173 e. The molecule has 1 N–H and O–H groups in total. The summed E-state index contributed by atoms with van der Waals surface area (Å²) in [7, 11) is 0. The van der Waals surface area contributed by atoms with Crippen LogP contribution in [0.2, 0.25) is 0 Å². The van der Waals surface area contributed by atoms with Crippen molar-refractivity contribution in [1.82, 2.24) is 9.80 Å². The number of morpholine rings is 1. The van der Waals surface area contributed by atoms with Gasteiger partial charge in [-0.1, -0.05) is 30.4 Å². The second-order valence-corrected chi connectivity index (χ2v) is 8.13. The molecule has 0 spiro atoms. The highest BCUT2D eigenvalue weighted by Crippen LogP contribution is 2.22. The second-order valence-electron chi connectivity index (χ2n) is 7.75. The number of rotatable bonds is 6. The highest BCUT2D eigenvalue weighted by Gasteiger charge is 2.20. The van der Waals surface area contributed by atoms with E-state index in [1.165, 1.54) is 30.4 Å². The van der Waals surface area contributed by atoms with E-state index < -0.39 is 0 Å². The number of aryl methyl sites for hydroxylation is 2. The number of allylic oxidation sites excluding steroid dienone is 2. The molecule has 1 aromatic carbocycles. The van der Waals surface area contributed by atoms with Crippen molar-refractivity contribution in [3.63, 3.8) is 0 Å². The molecule has 1 unspecified atom stereocenters. The van der Waals surface area contributed by atoms with Gasteiger partial charge in [-0.05, 0) is 62.4 Å². The largest absolute Gasteiger partial charge is 0.379 e. The lowest BCUT2D eigenvalue weighted by Gasteiger charge is -2.34. The maximum atomic E-state index is 5.87. The number of para-hydroxylation sites is 1. The molecule has 0 radical (unpaired) electrons. The van der Waals surface area contributed by atoms with Crippen molar-refractivity contribution < 1.29 is 4.74 Å². The molecular formula is C22H33N3OS. The van der Waals surface area contributed by atoms with E-state index in [9.17, 15) is 0 Å². The Morgan fingerprint density at radius 2 is 1.96 bits per heavy atom. The van der Waals surface area contributed by atoms with E-state index in [-0.39, 0.29) is 0 Å². The Hall–Kier alpha value is -1.43. The third kappa shape index (κ3) is 6.03. The summed E-state index contributed by atoms with van der Waals surface area (Å²) in [6.45, 7) is 11.1. The average Bonchev–Trinajstić information content (AvgIpc) is 2.69. The van der Waals surface area contributed by atoms with Crippen LogP contribution in [0.5, 0.6) is 0 Å². The predicted molar refractivity (Wildman–Crippen MR) is 117 cm³/mol. The zero-order valence-corrected chi connectivity index (χ0v) is 17.6. The summed E-state index contributed by atoms with van der Waals surface area (Å²) in [6.07, 6.45) is 8.26. The van der Waals surface area contributed by atoms with Crippen molar-refractivity contribution in [3.8, 4) is 0 Å². The molecule has 1 aliphatic heterocycles. The predicted octanol–water partition coefficient (Wildman–Crippen LogP) is 3.99. The minimum atomic E-state index is 0.692. The molecule has 2 aliphatic rings. The molecule has 1 aliphatic carbocycles. The number of hydrogen-bond donors (Lipinski definition) is 1. The Bertz CT molecular complexity index is 635. The van der Waals surface area contributed by atoms with Gasteiger partial charge in [0.2, 0.25) is 0 Å². The highest BCUT2D eigenvalue weighted by molar-refractivity contribution is 7.80. The van der Waals surface area contributed by atoms with Crippen molar-refractivity contribution >= 4 is 23.0 Å². The number of nitrogens with zero attached hydrogens (tertiary/aromatic N) is 2. The normalized spacial score (nSPS) is 20.4. The molecule has 1 heterocycles. The minimum absolute atomic E-state index is 0.692. The third-order valence-electron chi connectivity index (χ3n) is 5.65. The molecule has 3 rings (SSSR count). The summed E-state index contributed by atoms with van der Waals surface area (Å²) in [5.74, 6) is 0.692. The van der Waals surface area contributed by atoms with E-state index in [0.717, 1.165) is 56.7 Å². The Labute approximate surface area is 169 Å². The number of thiocarbonyl (C=S) groups is 1. The van der Waals surface area contributed by atoms with Crippen LogP contribution in [0.15, 0.2) is 30.4 Å². The molecule has 5 heteroatoms. The monoisotopic (exact) mass is 387 g/mol. The van der Waals surface area contributed by atoms with Crippen LogP contribution < -0.4 is 5.32 Å². The second kappa shape index (κ2) is 10.2. The number of anilines is 1. The molecular weight excluding hydrogens is 354 g/mol. The molecule has 1 saturated heterocycles. The van der Waals surface area contributed by atoms with Gasteiger partial charge in [0.1, 0.15) is 0 Å². The summed E-state index contributed by atoms with van der Waals surface area (Å²) in [5, 5.41) is 4.41. The SMILES string of the molecule is Cc1cccc(C)c1NC(=S)N(CCN1CCOCC1)CC1CC=CCC1. The number of hydrogen-bond acceptors (Lipinski definition) is 3. The molecule has 27 heavy (non-hydrogen) atoms. The van der Waals surface area contributed by atoms with Crippen molar-refractivity contribution in [2.75, 3.05) is 51.3 Å². The van der Waals surface area contributed by atoms with Crippen LogP contribution in [-0.2, 0) is 4.74 Å². The van der Waals surface area contributed by atoms with E-state index in [0.29, 0.717) is 5.92 Å². The van der Waals surface area contributed by atoms with E-state index in [1.54, 1.807) is 0 Å². The van der Waals surface area contributed by atoms with Gasteiger partial charge >= 0.3 is 0 Å². The summed E-state index contributed by atoms with van der Waals surface area (Å²) in [5.41, 5.74) is 3.64. The topological polar surface area (TPSA) is 27.7 Å². The lowest BCUT2D eigenvalue weighted by atomic mass is 9.94. The van der Waals surface area contributed by atoms with Gasteiger partial charge in [0.15, 0.2) is 5.11 Å². The molecule has 0 aromatic heterocycles.